The van der Waals surface area contributed by atoms with E-state index in [1.807, 2.05) is 17.5 Å². The molecule has 0 spiro atoms. The van der Waals surface area contributed by atoms with E-state index in [4.69, 9.17) is 4.42 Å². The lowest BCUT2D eigenvalue weighted by molar-refractivity contribution is -0.140. The molecule has 0 aliphatic carbocycles. The second kappa shape index (κ2) is 6.61. The molecule has 1 amide bonds. The first-order valence-corrected chi connectivity index (χ1v) is 8.79. The van der Waals surface area contributed by atoms with Crippen LogP contribution in [0.25, 0.3) is 5.76 Å². The van der Waals surface area contributed by atoms with Crippen molar-refractivity contribution in [3.63, 3.8) is 0 Å². The van der Waals surface area contributed by atoms with Gasteiger partial charge in [0.2, 0.25) is 0 Å². The Hall–Kier alpha value is -3.19. The summed E-state index contributed by atoms with van der Waals surface area (Å²) in [5, 5.41) is 12.6. The van der Waals surface area contributed by atoms with Crippen LogP contribution in [0.4, 0.5) is 0 Å². The van der Waals surface area contributed by atoms with Crippen LogP contribution in [0.1, 0.15) is 22.2 Å². The number of furan rings is 1. The third-order valence-electron chi connectivity index (χ3n) is 4.21. The number of pyridine rings is 1. The van der Waals surface area contributed by atoms with Crippen LogP contribution in [0.2, 0.25) is 0 Å². The van der Waals surface area contributed by atoms with Crippen molar-refractivity contribution >= 4 is 28.8 Å². The van der Waals surface area contributed by atoms with Crippen LogP contribution < -0.4 is 0 Å². The highest BCUT2D eigenvalue weighted by Gasteiger charge is 2.46. The highest BCUT2D eigenvalue weighted by molar-refractivity contribution is 7.10. The molecule has 1 aliphatic heterocycles. The van der Waals surface area contributed by atoms with Gasteiger partial charge in [-0.1, -0.05) is 6.07 Å². The van der Waals surface area contributed by atoms with Gasteiger partial charge in [-0.25, -0.2) is 0 Å². The number of thiophene rings is 1. The quantitative estimate of drug-likeness (QED) is 0.435. The van der Waals surface area contributed by atoms with E-state index >= 15 is 0 Å². The van der Waals surface area contributed by atoms with Crippen molar-refractivity contribution < 1.29 is 19.1 Å². The molecule has 1 aliphatic rings. The number of aromatic nitrogens is 1. The molecule has 1 atom stereocenters. The van der Waals surface area contributed by atoms with E-state index in [9.17, 15) is 14.7 Å². The summed E-state index contributed by atoms with van der Waals surface area (Å²) in [5.41, 5.74) is 0.521. The molecule has 1 N–H and O–H groups in total. The van der Waals surface area contributed by atoms with Crippen LogP contribution in [0.3, 0.4) is 0 Å². The van der Waals surface area contributed by atoms with Crippen LogP contribution >= 0.6 is 11.3 Å². The highest BCUT2D eigenvalue weighted by atomic mass is 32.1. The van der Waals surface area contributed by atoms with Gasteiger partial charge < -0.3 is 14.4 Å². The van der Waals surface area contributed by atoms with Gasteiger partial charge in [-0.15, -0.1) is 11.3 Å². The van der Waals surface area contributed by atoms with E-state index < -0.39 is 17.7 Å². The predicted molar refractivity (Wildman–Crippen MR) is 95.1 cm³/mol. The Morgan fingerprint density at radius 1 is 1.19 bits per heavy atom. The molecule has 3 aromatic rings. The molecule has 0 radical (unpaired) electrons. The van der Waals surface area contributed by atoms with E-state index in [1.165, 1.54) is 34.9 Å². The van der Waals surface area contributed by atoms with Gasteiger partial charge in [-0.05, 0) is 35.7 Å². The van der Waals surface area contributed by atoms with Crippen molar-refractivity contribution in [2.45, 2.75) is 12.6 Å². The Balaban J connectivity index is 1.84. The molecule has 0 aromatic carbocycles. The zero-order valence-corrected chi connectivity index (χ0v) is 14.3. The van der Waals surface area contributed by atoms with Crippen LogP contribution in [-0.4, -0.2) is 26.7 Å². The monoisotopic (exact) mass is 366 g/mol. The van der Waals surface area contributed by atoms with Crippen molar-refractivity contribution in [1.82, 2.24) is 9.88 Å². The zero-order valence-electron chi connectivity index (χ0n) is 13.5. The maximum Gasteiger partial charge on any atom is 0.296 e. The summed E-state index contributed by atoms with van der Waals surface area (Å²) in [7, 11) is 0. The first-order chi connectivity index (χ1) is 12.7. The van der Waals surface area contributed by atoms with Crippen molar-refractivity contribution in [2.24, 2.45) is 0 Å². The summed E-state index contributed by atoms with van der Waals surface area (Å²) in [5.74, 6) is -0.997. The van der Waals surface area contributed by atoms with Crippen molar-refractivity contribution in [3.05, 3.63) is 82.2 Å². The first kappa shape index (κ1) is 16.3. The molecule has 7 heteroatoms. The van der Waals surface area contributed by atoms with E-state index in [-0.39, 0.29) is 17.9 Å². The molecule has 3 aromatic heterocycles. The fourth-order valence-corrected chi connectivity index (χ4v) is 3.87. The lowest BCUT2D eigenvalue weighted by Crippen LogP contribution is -2.28. The molecule has 26 heavy (non-hydrogen) atoms. The zero-order chi connectivity index (χ0) is 18.1. The summed E-state index contributed by atoms with van der Waals surface area (Å²) in [6, 6.07) is 9.70. The Morgan fingerprint density at radius 2 is 2.00 bits per heavy atom. The lowest BCUT2D eigenvalue weighted by Gasteiger charge is -2.23. The second-order valence-corrected chi connectivity index (χ2v) is 6.74. The summed E-state index contributed by atoms with van der Waals surface area (Å²) in [6.45, 7) is 0.146. The molecule has 130 valence electrons. The summed E-state index contributed by atoms with van der Waals surface area (Å²) in [6.07, 6.45) is 4.56. The number of aliphatic hydroxyl groups excluding tert-OH is 1. The number of likely N-dealkylation sites (tertiary alicyclic amines) is 1. The molecule has 1 saturated heterocycles. The number of hydrogen-bond acceptors (Lipinski definition) is 6. The smallest absolute Gasteiger partial charge is 0.296 e. The molecule has 0 saturated carbocycles. The first-order valence-electron chi connectivity index (χ1n) is 7.91. The van der Waals surface area contributed by atoms with Gasteiger partial charge in [-0.3, -0.25) is 14.6 Å². The van der Waals surface area contributed by atoms with Crippen LogP contribution in [-0.2, 0) is 16.1 Å². The molecule has 6 nitrogen and oxygen atoms in total. The van der Waals surface area contributed by atoms with Gasteiger partial charge in [0.1, 0.15) is 17.6 Å². The van der Waals surface area contributed by atoms with Gasteiger partial charge in [0.05, 0.1) is 18.4 Å². The Bertz CT molecular complexity index is 962. The Kier molecular flexibility index (Phi) is 4.14. The van der Waals surface area contributed by atoms with Gasteiger partial charge in [0.15, 0.2) is 0 Å². The van der Waals surface area contributed by atoms with Crippen molar-refractivity contribution in [1.29, 1.82) is 0 Å². The number of ketones is 1. The minimum absolute atomic E-state index is 0.0789. The third-order valence-corrected chi connectivity index (χ3v) is 5.14. The topological polar surface area (TPSA) is 83.6 Å². The highest BCUT2D eigenvalue weighted by Crippen LogP contribution is 2.41. The minimum atomic E-state index is -0.704. The van der Waals surface area contributed by atoms with Crippen LogP contribution in [0.5, 0.6) is 0 Å². The lowest BCUT2D eigenvalue weighted by atomic mass is 10.0. The van der Waals surface area contributed by atoms with Gasteiger partial charge in [0, 0.05) is 22.8 Å². The normalized spacial score (nSPS) is 19.2. The van der Waals surface area contributed by atoms with Gasteiger partial charge in [0.25, 0.3) is 11.7 Å². The molecular formula is C19H14N2O4S. The standard InChI is InChI=1S/C19H14N2O4S/c22-17(12-5-7-20-8-6-12)15-16(14-4-2-10-26-14)21(19(24)18(15)23)11-13-3-1-9-25-13/h1-10,16,22H,11H2/b17-15-. The average molecular weight is 366 g/mol. The summed E-state index contributed by atoms with van der Waals surface area (Å²) >= 11 is 1.42. The summed E-state index contributed by atoms with van der Waals surface area (Å²) in [4.78, 5) is 31.5. The van der Waals surface area contributed by atoms with Gasteiger partial charge in [-0.2, -0.15) is 0 Å². The minimum Gasteiger partial charge on any atom is -0.507 e. The number of aliphatic hydroxyl groups is 1. The summed E-state index contributed by atoms with van der Waals surface area (Å²) < 4.78 is 5.34. The molecular weight excluding hydrogens is 352 g/mol. The van der Waals surface area contributed by atoms with Crippen molar-refractivity contribution in [3.8, 4) is 0 Å². The van der Waals surface area contributed by atoms with Crippen LogP contribution in [0.15, 0.2) is 70.4 Å². The number of rotatable bonds is 4. The maximum atomic E-state index is 12.7. The van der Waals surface area contributed by atoms with E-state index in [0.717, 1.165) is 4.88 Å². The number of hydrogen-bond donors (Lipinski definition) is 1. The Morgan fingerprint density at radius 3 is 2.65 bits per heavy atom. The van der Waals surface area contributed by atoms with Crippen LogP contribution in [0, 0.1) is 0 Å². The molecule has 1 fully saturated rings. The fourth-order valence-electron chi connectivity index (χ4n) is 3.02. The molecule has 4 heterocycles. The van der Waals surface area contributed by atoms with E-state index in [2.05, 4.69) is 4.98 Å². The second-order valence-electron chi connectivity index (χ2n) is 5.76. The van der Waals surface area contributed by atoms with E-state index in [0.29, 0.717) is 11.3 Å². The number of carbonyl (C=O) groups is 2. The maximum absolute atomic E-state index is 12.7. The molecule has 1 unspecified atom stereocenters. The molecule has 4 rings (SSSR count). The number of nitrogens with zero attached hydrogens (tertiary/aromatic N) is 2. The predicted octanol–water partition coefficient (Wildman–Crippen LogP) is 3.36. The molecule has 0 bridgehead atoms. The van der Waals surface area contributed by atoms with Gasteiger partial charge >= 0.3 is 0 Å². The largest absolute Gasteiger partial charge is 0.507 e. The number of amides is 1. The Labute approximate surface area is 153 Å². The number of Topliss-reactive ketones (excluding diaryl/α,β-unsaturated/α-hetero) is 1. The average Bonchev–Trinajstić information content (AvgIpc) is 3.41. The van der Waals surface area contributed by atoms with E-state index in [1.54, 1.807) is 24.3 Å². The fraction of sp³-hybridized carbons (Fsp3) is 0.105. The third kappa shape index (κ3) is 2.72. The number of carbonyl (C=O) groups excluding carboxylic acids is 2. The van der Waals surface area contributed by atoms with Crippen molar-refractivity contribution in [2.75, 3.05) is 0 Å². The SMILES string of the molecule is O=C1C(=O)N(Cc2ccco2)C(c2cccs2)/C1=C(/O)c1ccncc1.